The van der Waals surface area contributed by atoms with E-state index in [2.05, 4.69) is 28.2 Å². The van der Waals surface area contributed by atoms with Crippen LogP contribution >= 0.6 is 0 Å². The van der Waals surface area contributed by atoms with E-state index in [1.54, 1.807) is 6.20 Å². The second-order valence-corrected chi connectivity index (χ2v) is 4.62. The highest BCUT2D eigenvalue weighted by Gasteiger charge is 2.12. The minimum absolute atomic E-state index is 0.111. The molecule has 1 atom stereocenters. The number of fused-ring (bicyclic) bond motifs is 1. The fraction of sp³-hybridized carbons (Fsp3) is 0.125. The van der Waals surface area contributed by atoms with Crippen LogP contribution in [0, 0.1) is 0 Å². The van der Waals surface area contributed by atoms with Crippen LogP contribution in [0.1, 0.15) is 18.7 Å². The Labute approximate surface area is 112 Å². The zero-order valence-electron chi connectivity index (χ0n) is 10.7. The summed E-state index contributed by atoms with van der Waals surface area (Å²) in [4.78, 5) is 9.03. The first-order chi connectivity index (χ1) is 9.25. The molecule has 3 heteroatoms. The number of hydrogen-bond acceptors (Lipinski definition) is 3. The lowest BCUT2D eigenvalue weighted by Gasteiger charge is -2.13. The first kappa shape index (κ1) is 11.8. The molecule has 0 radical (unpaired) electrons. The van der Waals surface area contributed by atoms with Crippen molar-refractivity contribution in [3.8, 4) is 11.1 Å². The molecule has 1 aromatic carbocycles. The van der Waals surface area contributed by atoms with Crippen LogP contribution in [0.3, 0.4) is 0 Å². The van der Waals surface area contributed by atoms with Crippen LogP contribution in [-0.2, 0) is 0 Å². The Hall–Kier alpha value is -2.26. The van der Waals surface area contributed by atoms with Gasteiger partial charge in [-0.3, -0.25) is 4.98 Å². The summed E-state index contributed by atoms with van der Waals surface area (Å²) >= 11 is 0. The Bertz CT molecular complexity index is 706. The molecule has 2 heterocycles. The van der Waals surface area contributed by atoms with Crippen LogP contribution in [0.25, 0.3) is 22.2 Å². The number of nitrogens with zero attached hydrogens (tertiary/aromatic N) is 2. The molecule has 0 aliphatic heterocycles. The number of hydrogen-bond donors (Lipinski definition) is 1. The molecule has 0 saturated heterocycles. The third-order valence-electron chi connectivity index (χ3n) is 3.13. The maximum absolute atomic E-state index is 6.06. The van der Waals surface area contributed by atoms with Gasteiger partial charge in [0.2, 0.25) is 0 Å². The van der Waals surface area contributed by atoms with Crippen molar-refractivity contribution in [3.63, 3.8) is 0 Å². The van der Waals surface area contributed by atoms with Crippen molar-refractivity contribution >= 4 is 11.0 Å². The Morgan fingerprint density at radius 1 is 1.00 bits per heavy atom. The fourth-order valence-electron chi connectivity index (χ4n) is 2.21. The molecule has 0 unspecified atom stereocenters. The van der Waals surface area contributed by atoms with Gasteiger partial charge in [0.05, 0.1) is 16.7 Å². The lowest BCUT2D eigenvalue weighted by Crippen LogP contribution is -2.09. The Morgan fingerprint density at radius 2 is 1.79 bits per heavy atom. The first-order valence-corrected chi connectivity index (χ1v) is 6.32. The van der Waals surface area contributed by atoms with Gasteiger partial charge in [0, 0.05) is 17.8 Å². The predicted octanol–water partition coefficient (Wildman–Crippen LogP) is 3.32. The van der Waals surface area contributed by atoms with E-state index in [0.717, 1.165) is 27.9 Å². The minimum Gasteiger partial charge on any atom is -0.323 e. The van der Waals surface area contributed by atoms with Crippen LogP contribution in [0.15, 0.2) is 54.7 Å². The van der Waals surface area contributed by atoms with Gasteiger partial charge in [-0.25, -0.2) is 4.98 Å². The molecule has 0 spiro atoms. The molecule has 2 N–H and O–H groups in total. The average Bonchev–Trinajstić information content (AvgIpc) is 2.46. The molecule has 19 heavy (non-hydrogen) atoms. The Morgan fingerprint density at radius 3 is 2.53 bits per heavy atom. The van der Waals surface area contributed by atoms with Crippen LogP contribution in [0.4, 0.5) is 0 Å². The molecule has 0 saturated carbocycles. The summed E-state index contributed by atoms with van der Waals surface area (Å²) < 4.78 is 0. The third-order valence-corrected chi connectivity index (χ3v) is 3.13. The van der Waals surface area contributed by atoms with E-state index in [1.165, 1.54) is 0 Å². The van der Waals surface area contributed by atoms with Gasteiger partial charge in [-0.2, -0.15) is 0 Å². The van der Waals surface area contributed by atoms with Crippen LogP contribution in [0.2, 0.25) is 0 Å². The summed E-state index contributed by atoms with van der Waals surface area (Å²) in [6.07, 6.45) is 1.78. The Kier molecular flexibility index (Phi) is 2.97. The number of benzene rings is 1. The van der Waals surface area contributed by atoms with Gasteiger partial charge in [-0.05, 0) is 30.7 Å². The first-order valence-electron chi connectivity index (χ1n) is 6.32. The SMILES string of the molecule is C[C@H](N)c1nc2cccnc2cc1-c1ccccc1. The number of nitrogens with two attached hydrogens (primary N) is 1. The number of aromatic nitrogens is 2. The molecule has 0 aliphatic carbocycles. The van der Waals surface area contributed by atoms with Gasteiger partial charge < -0.3 is 5.73 Å². The monoisotopic (exact) mass is 249 g/mol. The lowest BCUT2D eigenvalue weighted by molar-refractivity contribution is 0.789. The molecule has 0 bridgehead atoms. The molecule has 3 rings (SSSR count). The van der Waals surface area contributed by atoms with Gasteiger partial charge in [-0.1, -0.05) is 30.3 Å². The minimum atomic E-state index is -0.111. The summed E-state index contributed by atoms with van der Waals surface area (Å²) in [7, 11) is 0. The van der Waals surface area contributed by atoms with Crippen LogP contribution in [0.5, 0.6) is 0 Å². The highest BCUT2D eigenvalue weighted by Crippen LogP contribution is 2.28. The summed E-state index contributed by atoms with van der Waals surface area (Å²) in [5, 5.41) is 0. The maximum Gasteiger partial charge on any atom is 0.0893 e. The molecule has 0 amide bonds. The summed E-state index contributed by atoms with van der Waals surface area (Å²) in [6, 6.07) is 16.0. The van der Waals surface area contributed by atoms with Gasteiger partial charge in [0.25, 0.3) is 0 Å². The zero-order chi connectivity index (χ0) is 13.2. The van der Waals surface area contributed by atoms with Crippen molar-refractivity contribution in [1.29, 1.82) is 0 Å². The smallest absolute Gasteiger partial charge is 0.0893 e. The summed E-state index contributed by atoms with van der Waals surface area (Å²) in [5.41, 5.74) is 10.9. The van der Waals surface area contributed by atoms with Gasteiger partial charge in [0.15, 0.2) is 0 Å². The van der Waals surface area contributed by atoms with Crippen LogP contribution < -0.4 is 5.73 Å². The molecule has 3 aromatic rings. The second kappa shape index (κ2) is 4.78. The van der Waals surface area contributed by atoms with Crippen molar-refractivity contribution in [3.05, 3.63) is 60.4 Å². The highest BCUT2D eigenvalue weighted by atomic mass is 14.8. The maximum atomic E-state index is 6.06. The second-order valence-electron chi connectivity index (χ2n) is 4.62. The van der Waals surface area contributed by atoms with Crippen molar-refractivity contribution < 1.29 is 0 Å². The van der Waals surface area contributed by atoms with Crippen molar-refractivity contribution in [2.75, 3.05) is 0 Å². The van der Waals surface area contributed by atoms with Gasteiger partial charge in [-0.15, -0.1) is 0 Å². The van der Waals surface area contributed by atoms with E-state index >= 15 is 0 Å². The van der Waals surface area contributed by atoms with Crippen LogP contribution in [-0.4, -0.2) is 9.97 Å². The van der Waals surface area contributed by atoms with Gasteiger partial charge in [0.1, 0.15) is 0 Å². The number of rotatable bonds is 2. The van der Waals surface area contributed by atoms with E-state index in [4.69, 9.17) is 5.73 Å². The van der Waals surface area contributed by atoms with Crippen molar-refractivity contribution in [2.45, 2.75) is 13.0 Å². The zero-order valence-corrected chi connectivity index (χ0v) is 10.7. The number of pyridine rings is 2. The molecule has 3 nitrogen and oxygen atoms in total. The fourth-order valence-corrected chi connectivity index (χ4v) is 2.21. The van der Waals surface area contributed by atoms with E-state index in [1.807, 2.05) is 37.3 Å². The normalized spacial score (nSPS) is 12.5. The standard InChI is InChI=1S/C16H15N3/c1-11(17)16-13(12-6-3-2-4-7-12)10-15-14(19-16)8-5-9-18-15/h2-11H,17H2,1H3/t11-/m0/s1. The van der Waals surface area contributed by atoms with E-state index in [-0.39, 0.29) is 6.04 Å². The average molecular weight is 249 g/mol. The van der Waals surface area contributed by atoms with Gasteiger partial charge >= 0.3 is 0 Å². The summed E-state index contributed by atoms with van der Waals surface area (Å²) in [5.74, 6) is 0. The molecule has 2 aromatic heterocycles. The summed E-state index contributed by atoms with van der Waals surface area (Å²) in [6.45, 7) is 1.96. The van der Waals surface area contributed by atoms with E-state index < -0.39 is 0 Å². The largest absolute Gasteiger partial charge is 0.323 e. The molecular formula is C16H15N3. The highest BCUT2D eigenvalue weighted by molar-refractivity contribution is 5.82. The molecule has 0 aliphatic rings. The molecule has 94 valence electrons. The van der Waals surface area contributed by atoms with E-state index in [0.29, 0.717) is 0 Å². The molecular weight excluding hydrogens is 234 g/mol. The Balaban J connectivity index is 2.30. The topological polar surface area (TPSA) is 51.8 Å². The lowest BCUT2D eigenvalue weighted by atomic mass is 10.00. The van der Waals surface area contributed by atoms with Crippen molar-refractivity contribution in [1.82, 2.24) is 9.97 Å². The molecule has 0 fully saturated rings. The third kappa shape index (κ3) is 2.20. The predicted molar refractivity (Wildman–Crippen MR) is 77.6 cm³/mol. The van der Waals surface area contributed by atoms with E-state index in [9.17, 15) is 0 Å². The quantitative estimate of drug-likeness (QED) is 0.758. The van der Waals surface area contributed by atoms with Crippen molar-refractivity contribution in [2.24, 2.45) is 5.73 Å².